The maximum atomic E-state index is 15.3. The summed E-state index contributed by atoms with van der Waals surface area (Å²) in [4.78, 5) is 13.9. The molecule has 0 saturated carbocycles. The summed E-state index contributed by atoms with van der Waals surface area (Å²) in [7, 11) is -3.76. The van der Waals surface area contributed by atoms with Crippen LogP contribution >= 0.6 is 0 Å². The Balaban J connectivity index is 2.00. The van der Waals surface area contributed by atoms with Crippen LogP contribution in [0.3, 0.4) is 0 Å². The van der Waals surface area contributed by atoms with Crippen LogP contribution in [0.15, 0.2) is 42.5 Å². The number of carbonyl (C=O) groups is 1. The largest absolute Gasteiger partial charge is 0.334 e. The molecule has 5 nitrogen and oxygen atoms in total. The van der Waals surface area contributed by atoms with Gasteiger partial charge in [-0.25, -0.2) is 26.3 Å². The number of amides is 1. The van der Waals surface area contributed by atoms with E-state index in [1.54, 1.807) is 26.0 Å². The number of halogens is 3. The zero-order valence-corrected chi connectivity index (χ0v) is 18.3. The Morgan fingerprint density at radius 2 is 1.87 bits per heavy atom. The minimum atomic E-state index is -3.76. The molecule has 1 fully saturated rings. The molecule has 2 aromatic rings. The highest BCUT2D eigenvalue weighted by atomic mass is 32.2. The summed E-state index contributed by atoms with van der Waals surface area (Å²) in [6, 6.07) is 7.99. The van der Waals surface area contributed by atoms with Crippen molar-refractivity contribution in [1.29, 1.82) is 0 Å². The van der Waals surface area contributed by atoms with Crippen LogP contribution in [0.5, 0.6) is 0 Å². The van der Waals surface area contributed by atoms with Crippen LogP contribution in [0.4, 0.5) is 13.2 Å². The highest BCUT2D eigenvalue weighted by Crippen LogP contribution is 2.31. The summed E-state index contributed by atoms with van der Waals surface area (Å²) < 4.78 is 69.6. The first-order valence-electron chi connectivity index (χ1n) is 9.93. The number of alkyl halides is 1. The molecule has 0 unspecified atom stereocenters. The molecule has 1 aliphatic heterocycles. The number of carbonyl (C=O) groups excluding carboxylic acids is 1. The molecule has 0 aliphatic carbocycles. The third-order valence-corrected chi connectivity index (χ3v) is 6.05. The third kappa shape index (κ3) is 5.27. The van der Waals surface area contributed by atoms with E-state index in [2.05, 4.69) is 4.72 Å². The normalized spacial score (nSPS) is 21.6. The van der Waals surface area contributed by atoms with Crippen LogP contribution in [0.25, 0.3) is 11.1 Å². The van der Waals surface area contributed by atoms with Crippen molar-refractivity contribution < 1.29 is 26.4 Å². The minimum Gasteiger partial charge on any atom is -0.334 e. The van der Waals surface area contributed by atoms with Gasteiger partial charge in [-0.3, -0.25) is 4.79 Å². The van der Waals surface area contributed by atoms with Crippen molar-refractivity contribution in [3.8, 4) is 11.1 Å². The van der Waals surface area contributed by atoms with Gasteiger partial charge in [0.2, 0.25) is 15.9 Å². The van der Waals surface area contributed by atoms with Gasteiger partial charge in [0.1, 0.15) is 17.8 Å². The average molecular weight is 455 g/mol. The lowest BCUT2D eigenvalue weighted by Gasteiger charge is -2.29. The van der Waals surface area contributed by atoms with Gasteiger partial charge in [-0.15, -0.1) is 0 Å². The highest BCUT2D eigenvalue weighted by molar-refractivity contribution is 7.88. The molecule has 0 aromatic heterocycles. The lowest BCUT2D eigenvalue weighted by molar-refractivity contribution is -0.135. The maximum Gasteiger partial charge on any atom is 0.225 e. The Hall–Kier alpha value is -2.39. The van der Waals surface area contributed by atoms with E-state index in [1.807, 2.05) is 0 Å². The van der Waals surface area contributed by atoms with Crippen LogP contribution < -0.4 is 4.72 Å². The minimum absolute atomic E-state index is 0.0962. The van der Waals surface area contributed by atoms with Crippen LogP contribution in [0, 0.1) is 17.6 Å². The third-order valence-electron chi connectivity index (χ3n) is 5.35. The van der Waals surface area contributed by atoms with Crippen LogP contribution in [-0.4, -0.2) is 50.3 Å². The van der Waals surface area contributed by atoms with Crippen molar-refractivity contribution >= 4 is 15.9 Å². The Kier molecular flexibility index (Phi) is 6.76. The lowest BCUT2D eigenvalue weighted by atomic mass is 9.95. The first-order valence-corrected chi connectivity index (χ1v) is 11.8. The summed E-state index contributed by atoms with van der Waals surface area (Å²) in [6.45, 7) is 3.05. The van der Waals surface area contributed by atoms with Crippen molar-refractivity contribution in [3.63, 3.8) is 0 Å². The van der Waals surface area contributed by atoms with Crippen LogP contribution in [0.1, 0.15) is 19.4 Å². The van der Waals surface area contributed by atoms with Crippen molar-refractivity contribution in [2.45, 2.75) is 38.5 Å². The molecule has 3 atom stereocenters. The van der Waals surface area contributed by atoms with E-state index in [4.69, 9.17) is 0 Å². The average Bonchev–Trinajstić information content (AvgIpc) is 2.97. The maximum absolute atomic E-state index is 15.3. The van der Waals surface area contributed by atoms with Gasteiger partial charge >= 0.3 is 0 Å². The molecule has 1 saturated heterocycles. The van der Waals surface area contributed by atoms with Gasteiger partial charge in [-0.1, -0.05) is 44.2 Å². The molecule has 0 radical (unpaired) electrons. The Morgan fingerprint density at radius 1 is 1.19 bits per heavy atom. The highest BCUT2D eigenvalue weighted by Gasteiger charge is 2.46. The number of likely N-dealkylation sites (tertiary alicyclic amines) is 1. The van der Waals surface area contributed by atoms with Gasteiger partial charge in [0.15, 0.2) is 0 Å². The SMILES string of the molecule is CC(C)C(=O)N1C[C@H](F)[C@H](NS(C)(=O)=O)[C@@H]1Cc1cccc(-c2cccc(F)c2)c1F. The summed E-state index contributed by atoms with van der Waals surface area (Å²) in [6.07, 6.45) is -0.812. The molecular weight excluding hydrogens is 429 g/mol. The summed E-state index contributed by atoms with van der Waals surface area (Å²) in [5.41, 5.74) is 0.693. The van der Waals surface area contributed by atoms with Crippen molar-refractivity contribution in [2.75, 3.05) is 12.8 Å². The smallest absolute Gasteiger partial charge is 0.225 e. The second-order valence-electron chi connectivity index (χ2n) is 8.14. The molecule has 31 heavy (non-hydrogen) atoms. The molecule has 0 bridgehead atoms. The van der Waals surface area contributed by atoms with Gasteiger partial charge in [0.25, 0.3) is 0 Å². The zero-order valence-electron chi connectivity index (χ0n) is 17.5. The molecule has 3 rings (SSSR count). The number of rotatable bonds is 6. The van der Waals surface area contributed by atoms with E-state index in [0.29, 0.717) is 5.56 Å². The number of benzene rings is 2. The molecule has 2 aromatic carbocycles. The second-order valence-corrected chi connectivity index (χ2v) is 9.92. The van der Waals surface area contributed by atoms with Gasteiger partial charge in [0.05, 0.1) is 24.9 Å². The number of sulfonamides is 1. The summed E-state index contributed by atoms with van der Waals surface area (Å²) in [5.74, 6) is -1.91. The standard InChI is InChI=1S/C22H25F3N2O3S/c1-13(2)22(28)27-12-18(24)21(26-31(3,29)30)19(27)11-15-7-5-9-17(20(15)25)14-6-4-8-16(23)10-14/h4-10,13,18-19,21,26H,11-12H2,1-3H3/t18-,19-,21-/m0/s1. The number of hydrogen-bond donors (Lipinski definition) is 1. The molecule has 0 spiro atoms. The predicted molar refractivity (Wildman–Crippen MR) is 113 cm³/mol. The quantitative estimate of drug-likeness (QED) is 0.729. The molecule has 1 heterocycles. The lowest BCUT2D eigenvalue weighted by Crippen LogP contribution is -2.50. The molecule has 1 amide bonds. The number of hydrogen-bond acceptors (Lipinski definition) is 3. The van der Waals surface area contributed by atoms with Gasteiger partial charge in [-0.2, -0.15) is 0 Å². The van der Waals surface area contributed by atoms with E-state index in [0.717, 1.165) is 6.26 Å². The van der Waals surface area contributed by atoms with Crippen molar-refractivity contribution in [3.05, 3.63) is 59.7 Å². The van der Waals surface area contributed by atoms with E-state index < -0.39 is 45.8 Å². The zero-order chi connectivity index (χ0) is 22.9. The van der Waals surface area contributed by atoms with Gasteiger partial charge < -0.3 is 4.90 Å². The fraction of sp³-hybridized carbons (Fsp3) is 0.409. The van der Waals surface area contributed by atoms with E-state index in [9.17, 15) is 22.0 Å². The van der Waals surface area contributed by atoms with E-state index in [1.165, 1.54) is 35.2 Å². The van der Waals surface area contributed by atoms with Crippen LogP contribution in [0.2, 0.25) is 0 Å². The van der Waals surface area contributed by atoms with E-state index in [-0.39, 0.29) is 30.0 Å². The fourth-order valence-electron chi connectivity index (χ4n) is 3.94. The van der Waals surface area contributed by atoms with Crippen molar-refractivity contribution in [1.82, 2.24) is 9.62 Å². The summed E-state index contributed by atoms with van der Waals surface area (Å²) >= 11 is 0. The second kappa shape index (κ2) is 9.00. The Labute approximate surface area is 180 Å². The Bertz CT molecular complexity index is 1080. The fourth-order valence-corrected chi connectivity index (χ4v) is 4.73. The molecular formula is C22H25F3N2O3S. The van der Waals surface area contributed by atoms with E-state index >= 15 is 4.39 Å². The topological polar surface area (TPSA) is 66.5 Å². The number of nitrogens with zero attached hydrogens (tertiary/aromatic N) is 1. The summed E-state index contributed by atoms with van der Waals surface area (Å²) in [5, 5.41) is 0. The predicted octanol–water partition coefficient (Wildman–Crippen LogP) is 3.30. The molecule has 1 aliphatic rings. The van der Waals surface area contributed by atoms with Crippen LogP contribution in [-0.2, 0) is 21.2 Å². The molecule has 168 valence electrons. The molecule has 9 heteroatoms. The molecule has 1 N–H and O–H groups in total. The van der Waals surface area contributed by atoms with Gasteiger partial charge in [-0.05, 0) is 29.7 Å². The van der Waals surface area contributed by atoms with Gasteiger partial charge in [0, 0.05) is 11.5 Å². The first-order chi connectivity index (χ1) is 14.5. The monoisotopic (exact) mass is 454 g/mol. The first kappa shape index (κ1) is 23.3. The number of nitrogens with one attached hydrogen (secondary N) is 1. The Morgan fingerprint density at radius 3 is 2.48 bits per heavy atom. The van der Waals surface area contributed by atoms with Crippen molar-refractivity contribution in [2.24, 2.45) is 5.92 Å².